The van der Waals surface area contributed by atoms with Crippen LogP contribution in [-0.4, -0.2) is 6.54 Å². The van der Waals surface area contributed by atoms with Crippen LogP contribution in [-0.2, 0) is 0 Å². The second-order valence-corrected chi connectivity index (χ2v) is 5.09. The minimum atomic E-state index is -0.471. The van der Waals surface area contributed by atoms with Crippen molar-refractivity contribution >= 4 is 0 Å². The molecule has 0 saturated carbocycles. The number of hydrogen-bond donors (Lipinski definition) is 1. The van der Waals surface area contributed by atoms with Gasteiger partial charge in [-0.25, -0.2) is 4.39 Å². The third-order valence-corrected chi connectivity index (χ3v) is 3.29. The molecular formula is C17H20FNO. The summed E-state index contributed by atoms with van der Waals surface area (Å²) in [6, 6.07) is 14.4. The van der Waals surface area contributed by atoms with Crippen LogP contribution in [0.5, 0.6) is 5.75 Å². The maximum Gasteiger partial charge on any atom is 0.139 e. The van der Waals surface area contributed by atoms with Gasteiger partial charge in [0.2, 0.25) is 0 Å². The molecule has 0 amide bonds. The highest BCUT2D eigenvalue weighted by Gasteiger charge is 2.15. The standard InChI is InChI=1S/C17H20FNO/c1-12(2)13-7-9-14(10-8-13)20-17(11-19)15-5-3-4-6-16(15)18/h3-10,12,17H,11,19H2,1-2H3. The van der Waals surface area contributed by atoms with Gasteiger partial charge in [-0.1, -0.05) is 44.2 Å². The van der Waals surface area contributed by atoms with E-state index in [-0.39, 0.29) is 12.4 Å². The molecule has 0 bridgehead atoms. The van der Waals surface area contributed by atoms with E-state index in [1.807, 2.05) is 24.3 Å². The third-order valence-electron chi connectivity index (χ3n) is 3.29. The first-order valence-corrected chi connectivity index (χ1v) is 6.83. The molecule has 0 saturated heterocycles. The van der Waals surface area contributed by atoms with E-state index in [4.69, 9.17) is 10.5 Å². The monoisotopic (exact) mass is 273 g/mol. The predicted molar refractivity (Wildman–Crippen MR) is 79.4 cm³/mol. The van der Waals surface area contributed by atoms with Crippen molar-refractivity contribution in [1.82, 2.24) is 0 Å². The van der Waals surface area contributed by atoms with Crippen molar-refractivity contribution < 1.29 is 9.13 Å². The quantitative estimate of drug-likeness (QED) is 0.892. The van der Waals surface area contributed by atoms with Crippen molar-refractivity contribution in [2.45, 2.75) is 25.9 Å². The summed E-state index contributed by atoms with van der Waals surface area (Å²) in [7, 11) is 0. The van der Waals surface area contributed by atoms with Crippen molar-refractivity contribution in [2.75, 3.05) is 6.54 Å². The van der Waals surface area contributed by atoms with Crippen LogP contribution >= 0.6 is 0 Å². The molecule has 1 atom stereocenters. The van der Waals surface area contributed by atoms with Crippen molar-refractivity contribution in [1.29, 1.82) is 0 Å². The predicted octanol–water partition coefficient (Wildman–Crippen LogP) is 4.03. The van der Waals surface area contributed by atoms with E-state index >= 15 is 0 Å². The van der Waals surface area contributed by atoms with Gasteiger partial charge in [0.15, 0.2) is 0 Å². The van der Waals surface area contributed by atoms with Gasteiger partial charge in [0.25, 0.3) is 0 Å². The Morgan fingerprint density at radius 1 is 1.05 bits per heavy atom. The molecule has 0 spiro atoms. The van der Waals surface area contributed by atoms with Crippen LogP contribution in [0.2, 0.25) is 0 Å². The van der Waals surface area contributed by atoms with Gasteiger partial charge in [-0.05, 0) is 29.7 Å². The lowest BCUT2D eigenvalue weighted by atomic mass is 10.0. The second-order valence-electron chi connectivity index (χ2n) is 5.09. The minimum Gasteiger partial charge on any atom is -0.484 e. The van der Waals surface area contributed by atoms with E-state index < -0.39 is 6.10 Å². The molecule has 0 aliphatic rings. The van der Waals surface area contributed by atoms with Crippen molar-refractivity contribution in [3.8, 4) is 5.75 Å². The molecule has 2 aromatic carbocycles. The summed E-state index contributed by atoms with van der Waals surface area (Å²) in [5, 5.41) is 0. The van der Waals surface area contributed by atoms with Gasteiger partial charge in [-0.15, -0.1) is 0 Å². The summed E-state index contributed by atoms with van der Waals surface area (Å²) in [4.78, 5) is 0. The van der Waals surface area contributed by atoms with Gasteiger partial charge in [-0.3, -0.25) is 0 Å². The van der Waals surface area contributed by atoms with Crippen LogP contribution in [0.4, 0.5) is 4.39 Å². The first kappa shape index (κ1) is 14.5. The van der Waals surface area contributed by atoms with Crippen LogP contribution in [0, 0.1) is 5.82 Å². The van der Waals surface area contributed by atoms with E-state index in [1.165, 1.54) is 11.6 Å². The number of hydrogen-bond acceptors (Lipinski definition) is 2. The van der Waals surface area contributed by atoms with E-state index in [9.17, 15) is 4.39 Å². The molecule has 2 aromatic rings. The van der Waals surface area contributed by atoms with E-state index in [2.05, 4.69) is 13.8 Å². The fourth-order valence-electron chi connectivity index (χ4n) is 2.07. The van der Waals surface area contributed by atoms with Crippen molar-refractivity contribution in [2.24, 2.45) is 5.73 Å². The molecule has 0 aliphatic heterocycles. The number of nitrogens with two attached hydrogens (primary N) is 1. The van der Waals surface area contributed by atoms with Gasteiger partial charge >= 0.3 is 0 Å². The number of ether oxygens (including phenoxy) is 1. The zero-order valence-corrected chi connectivity index (χ0v) is 11.8. The summed E-state index contributed by atoms with van der Waals surface area (Å²) in [6.45, 7) is 4.50. The normalized spacial score (nSPS) is 12.4. The van der Waals surface area contributed by atoms with E-state index in [0.29, 0.717) is 17.2 Å². The zero-order chi connectivity index (χ0) is 14.5. The second kappa shape index (κ2) is 6.53. The lowest BCUT2D eigenvalue weighted by molar-refractivity contribution is 0.209. The summed E-state index contributed by atoms with van der Waals surface area (Å²) < 4.78 is 19.6. The Kier molecular flexibility index (Phi) is 4.74. The largest absolute Gasteiger partial charge is 0.484 e. The summed E-state index contributed by atoms with van der Waals surface area (Å²) in [6.07, 6.45) is -0.471. The number of benzene rings is 2. The zero-order valence-electron chi connectivity index (χ0n) is 11.8. The summed E-state index contributed by atoms with van der Waals surface area (Å²) in [5.74, 6) is 0.885. The molecule has 2 rings (SSSR count). The molecule has 3 heteroatoms. The molecule has 0 radical (unpaired) electrons. The molecule has 0 aromatic heterocycles. The molecule has 2 nitrogen and oxygen atoms in total. The molecule has 1 unspecified atom stereocenters. The Hall–Kier alpha value is -1.87. The lowest BCUT2D eigenvalue weighted by Gasteiger charge is -2.19. The first-order valence-electron chi connectivity index (χ1n) is 6.83. The van der Waals surface area contributed by atoms with Crippen molar-refractivity contribution in [3.63, 3.8) is 0 Å². The van der Waals surface area contributed by atoms with Gasteiger partial charge in [-0.2, -0.15) is 0 Å². The Labute approximate surface area is 119 Å². The molecule has 2 N–H and O–H groups in total. The van der Waals surface area contributed by atoms with Crippen LogP contribution in [0.25, 0.3) is 0 Å². The van der Waals surface area contributed by atoms with Crippen LogP contribution in [0.15, 0.2) is 48.5 Å². The van der Waals surface area contributed by atoms with Crippen molar-refractivity contribution in [3.05, 3.63) is 65.5 Å². The van der Waals surface area contributed by atoms with Gasteiger partial charge in [0.05, 0.1) is 0 Å². The van der Waals surface area contributed by atoms with Crippen LogP contribution in [0.3, 0.4) is 0 Å². The molecule has 0 fully saturated rings. The van der Waals surface area contributed by atoms with Gasteiger partial charge in [0, 0.05) is 12.1 Å². The number of halogens is 1. The Morgan fingerprint density at radius 2 is 1.70 bits per heavy atom. The average Bonchev–Trinajstić information content (AvgIpc) is 2.46. The molecule has 20 heavy (non-hydrogen) atoms. The van der Waals surface area contributed by atoms with Crippen LogP contribution in [0.1, 0.15) is 37.0 Å². The third kappa shape index (κ3) is 3.36. The Bertz CT molecular complexity index is 551. The first-order chi connectivity index (χ1) is 9.61. The SMILES string of the molecule is CC(C)c1ccc(OC(CN)c2ccccc2F)cc1. The topological polar surface area (TPSA) is 35.2 Å². The highest BCUT2D eigenvalue weighted by molar-refractivity contribution is 5.30. The van der Waals surface area contributed by atoms with Crippen LogP contribution < -0.4 is 10.5 Å². The molecule has 0 aliphatic carbocycles. The van der Waals surface area contributed by atoms with Gasteiger partial charge < -0.3 is 10.5 Å². The molecular weight excluding hydrogens is 253 g/mol. The lowest BCUT2D eigenvalue weighted by Crippen LogP contribution is -2.19. The maximum absolute atomic E-state index is 13.8. The maximum atomic E-state index is 13.8. The fraction of sp³-hybridized carbons (Fsp3) is 0.294. The molecule has 106 valence electrons. The fourth-order valence-corrected chi connectivity index (χ4v) is 2.07. The Morgan fingerprint density at radius 3 is 2.25 bits per heavy atom. The van der Waals surface area contributed by atoms with E-state index in [1.54, 1.807) is 18.2 Å². The Balaban J connectivity index is 2.16. The summed E-state index contributed by atoms with van der Waals surface area (Å²) in [5.41, 5.74) is 7.44. The summed E-state index contributed by atoms with van der Waals surface area (Å²) >= 11 is 0. The average molecular weight is 273 g/mol. The molecule has 0 heterocycles. The van der Waals surface area contributed by atoms with Gasteiger partial charge in [0.1, 0.15) is 17.7 Å². The smallest absolute Gasteiger partial charge is 0.139 e. The number of rotatable bonds is 5. The highest BCUT2D eigenvalue weighted by atomic mass is 19.1. The minimum absolute atomic E-state index is 0.229. The van der Waals surface area contributed by atoms with E-state index in [0.717, 1.165) is 0 Å². The highest BCUT2D eigenvalue weighted by Crippen LogP contribution is 2.25.